The Hall–Kier alpha value is -0.0800. The minimum atomic E-state index is 0.785. The molecule has 3 rings (SSSR count). The van der Waals surface area contributed by atoms with E-state index in [0.717, 1.165) is 36.4 Å². The molecule has 2 nitrogen and oxygen atoms in total. The third kappa shape index (κ3) is 3.52. The number of nitrogens with two attached hydrogens (primary N) is 1. The summed E-state index contributed by atoms with van der Waals surface area (Å²) in [4.78, 5) is 2.91. The van der Waals surface area contributed by atoms with E-state index in [9.17, 15) is 0 Å². The molecule has 0 amide bonds. The van der Waals surface area contributed by atoms with Crippen molar-refractivity contribution in [2.24, 2.45) is 23.5 Å². The molecule has 0 saturated heterocycles. The van der Waals surface area contributed by atoms with Gasteiger partial charge in [0.15, 0.2) is 0 Å². The van der Waals surface area contributed by atoms with E-state index in [1.807, 2.05) is 0 Å². The monoisotopic (exact) mass is 264 g/mol. The fourth-order valence-corrected chi connectivity index (χ4v) is 4.21. The maximum atomic E-state index is 6.09. The molecule has 0 spiro atoms. The van der Waals surface area contributed by atoms with Gasteiger partial charge >= 0.3 is 0 Å². The number of nitrogens with zero attached hydrogens (tertiary/aromatic N) is 1. The quantitative estimate of drug-likeness (QED) is 0.763. The van der Waals surface area contributed by atoms with Crippen LogP contribution >= 0.6 is 0 Å². The first-order valence-corrected chi connectivity index (χ1v) is 8.77. The zero-order chi connectivity index (χ0) is 13.2. The zero-order valence-electron chi connectivity index (χ0n) is 12.7. The molecule has 0 heterocycles. The molecule has 2 heteroatoms. The van der Waals surface area contributed by atoms with Gasteiger partial charge < -0.3 is 5.73 Å². The van der Waals surface area contributed by atoms with Crippen molar-refractivity contribution in [2.75, 3.05) is 13.1 Å². The molecular weight excluding hydrogens is 232 g/mol. The normalized spacial score (nSPS) is 35.8. The fraction of sp³-hybridized carbons (Fsp3) is 1.00. The first kappa shape index (κ1) is 13.9. The van der Waals surface area contributed by atoms with Crippen LogP contribution in [0.1, 0.15) is 64.7 Å². The summed E-state index contributed by atoms with van der Waals surface area (Å²) in [6.45, 7) is 4.65. The summed E-state index contributed by atoms with van der Waals surface area (Å²) in [7, 11) is 0. The fourth-order valence-electron chi connectivity index (χ4n) is 4.21. The van der Waals surface area contributed by atoms with Crippen molar-refractivity contribution < 1.29 is 0 Å². The lowest BCUT2D eigenvalue weighted by atomic mass is 9.75. The van der Waals surface area contributed by atoms with Gasteiger partial charge in [0.05, 0.1) is 0 Å². The highest BCUT2D eigenvalue weighted by Gasteiger charge is 2.42. The van der Waals surface area contributed by atoms with E-state index in [1.165, 1.54) is 64.3 Å². The van der Waals surface area contributed by atoms with Gasteiger partial charge in [0.1, 0.15) is 0 Å². The largest absolute Gasteiger partial charge is 0.330 e. The Bertz CT molecular complexity index is 283. The van der Waals surface area contributed by atoms with Crippen molar-refractivity contribution in [3.8, 4) is 0 Å². The zero-order valence-corrected chi connectivity index (χ0v) is 12.7. The summed E-state index contributed by atoms with van der Waals surface area (Å²) in [5.74, 6) is 2.80. The van der Waals surface area contributed by atoms with Gasteiger partial charge in [0.2, 0.25) is 0 Å². The summed E-state index contributed by atoms with van der Waals surface area (Å²) in [6, 6.07) is 1.75. The summed E-state index contributed by atoms with van der Waals surface area (Å²) < 4.78 is 0. The number of hydrogen-bond acceptors (Lipinski definition) is 2. The lowest BCUT2D eigenvalue weighted by Gasteiger charge is -2.43. The molecule has 3 aliphatic rings. The van der Waals surface area contributed by atoms with E-state index in [-0.39, 0.29) is 0 Å². The SMILES string of the molecule is CCCC1CCC(CN)C(N(CC2CC2)C2CC2)C1. The second-order valence-electron chi connectivity index (χ2n) is 7.40. The number of hydrogen-bond donors (Lipinski definition) is 1. The molecule has 0 aliphatic heterocycles. The smallest absolute Gasteiger partial charge is 0.0141 e. The third-order valence-electron chi connectivity index (χ3n) is 5.67. The molecule has 0 radical (unpaired) electrons. The van der Waals surface area contributed by atoms with E-state index in [4.69, 9.17) is 5.73 Å². The molecule has 19 heavy (non-hydrogen) atoms. The highest BCUT2D eigenvalue weighted by molar-refractivity contribution is 4.96. The highest BCUT2D eigenvalue weighted by atomic mass is 15.2. The van der Waals surface area contributed by atoms with Crippen LogP contribution in [-0.4, -0.2) is 30.1 Å². The summed E-state index contributed by atoms with van der Waals surface area (Å²) >= 11 is 0. The topological polar surface area (TPSA) is 29.3 Å². The van der Waals surface area contributed by atoms with Gasteiger partial charge in [-0.25, -0.2) is 0 Å². The van der Waals surface area contributed by atoms with Gasteiger partial charge in [-0.2, -0.15) is 0 Å². The summed E-state index contributed by atoms with van der Waals surface area (Å²) in [6.07, 6.45) is 13.0. The minimum Gasteiger partial charge on any atom is -0.330 e. The molecular formula is C17H32N2. The molecule has 0 bridgehead atoms. The molecule has 2 N–H and O–H groups in total. The number of rotatable bonds is 7. The summed E-state index contributed by atoms with van der Waals surface area (Å²) in [5.41, 5.74) is 6.09. The van der Waals surface area contributed by atoms with Crippen LogP contribution in [0.25, 0.3) is 0 Å². The molecule has 3 atom stereocenters. The Morgan fingerprint density at radius 3 is 2.32 bits per heavy atom. The molecule has 0 aromatic rings. The van der Waals surface area contributed by atoms with Gasteiger partial charge in [-0.3, -0.25) is 4.90 Å². The minimum absolute atomic E-state index is 0.785. The molecule has 3 fully saturated rings. The maximum Gasteiger partial charge on any atom is 0.0141 e. The van der Waals surface area contributed by atoms with Crippen LogP contribution in [0.15, 0.2) is 0 Å². The Morgan fingerprint density at radius 2 is 1.74 bits per heavy atom. The van der Waals surface area contributed by atoms with E-state index in [0.29, 0.717) is 0 Å². The molecule has 0 aromatic heterocycles. The van der Waals surface area contributed by atoms with Gasteiger partial charge in [-0.15, -0.1) is 0 Å². The van der Waals surface area contributed by atoms with Crippen LogP contribution in [0, 0.1) is 17.8 Å². The van der Waals surface area contributed by atoms with Crippen molar-refractivity contribution >= 4 is 0 Å². The first-order valence-electron chi connectivity index (χ1n) is 8.77. The van der Waals surface area contributed by atoms with Gasteiger partial charge in [-0.05, 0) is 62.8 Å². The first-order chi connectivity index (χ1) is 9.31. The van der Waals surface area contributed by atoms with Crippen molar-refractivity contribution in [1.29, 1.82) is 0 Å². The predicted molar refractivity (Wildman–Crippen MR) is 81.0 cm³/mol. The molecule has 3 unspecified atom stereocenters. The van der Waals surface area contributed by atoms with Crippen LogP contribution in [0.3, 0.4) is 0 Å². The van der Waals surface area contributed by atoms with Gasteiger partial charge in [-0.1, -0.05) is 26.2 Å². The Labute approximate surface area is 119 Å². The van der Waals surface area contributed by atoms with Crippen molar-refractivity contribution in [3.63, 3.8) is 0 Å². The van der Waals surface area contributed by atoms with Crippen molar-refractivity contribution in [3.05, 3.63) is 0 Å². The Morgan fingerprint density at radius 1 is 1.00 bits per heavy atom. The standard InChI is InChI=1S/C17H32N2/c1-2-3-13-6-7-15(11-18)17(10-13)19(16-8-9-16)12-14-4-5-14/h13-17H,2-12,18H2,1H3. The van der Waals surface area contributed by atoms with Crippen LogP contribution < -0.4 is 5.73 Å². The average molecular weight is 264 g/mol. The van der Waals surface area contributed by atoms with Crippen LogP contribution in [0.4, 0.5) is 0 Å². The maximum absolute atomic E-state index is 6.09. The van der Waals surface area contributed by atoms with E-state index in [2.05, 4.69) is 11.8 Å². The lowest BCUT2D eigenvalue weighted by molar-refractivity contribution is 0.0684. The van der Waals surface area contributed by atoms with E-state index < -0.39 is 0 Å². The van der Waals surface area contributed by atoms with E-state index in [1.54, 1.807) is 0 Å². The second-order valence-corrected chi connectivity index (χ2v) is 7.40. The summed E-state index contributed by atoms with van der Waals surface area (Å²) in [5, 5.41) is 0. The van der Waals surface area contributed by atoms with E-state index >= 15 is 0 Å². The average Bonchev–Trinajstić information content (AvgIpc) is 3.28. The van der Waals surface area contributed by atoms with Crippen molar-refractivity contribution in [1.82, 2.24) is 4.90 Å². The molecule has 3 aliphatic carbocycles. The molecule has 3 saturated carbocycles. The predicted octanol–water partition coefficient (Wildman–Crippen LogP) is 3.40. The lowest BCUT2D eigenvalue weighted by Crippen LogP contribution is -2.48. The van der Waals surface area contributed by atoms with Crippen LogP contribution in [0.2, 0.25) is 0 Å². The van der Waals surface area contributed by atoms with Crippen molar-refractivity contribution in [2.45, 2.75) is 76.8 Å². The second kappa shape index (κ2) is 6.13. The third-order valence-corrected chi connectivity index (χ3v) is 5.67. The Balaban J connectivity index is 1.64. The highest BCUT2D eigenvalue weighted by Crippen LogP contribution is 2.42. The molecule has 110 valence electrons. The molecule has 0 aromatic carbocycles. The Kier molecular flexibility index (Phi) is 4.48. The van der Waals surface area contributed by atoms with Crippen LogP contribution in [-0.2, 0) is 0 Å². The van der Waals surface area contributed by atoms with Gasteiger partial charge in [0.25, 0.3) is 0 Å². The van der Waals surface area contributed by atoms with Gasteiger partial charge in [0, 0.05) is 18.6 Å². The van der Waals surface area contributed by atoms with Crippen LogP contribution in [0.5, 0.6) is 0 Å².